The first-order valence-corrected chi connectivity index (χ1v) is 6.15. The highest BCUT2D eigenvalue weighted by molar-refractivity contribution is 7.80. The predicted molar refractivity (Wildman–Crippen MR) is 65.9 cm³/mol. The van der Waals surface area contributed by atoms with Crippen LogP contribution in [0.4, 0.5) is 13.2 Å². The van der Waals surface area contributed by atoms with Gasteiger partial charge in [0.25, 0.3) is 0 Å². The topological polar surface area (TPSA) is 55.1 Å². The molecule has 3 nitrogen and oxygen atoms in total. The molecule has 7 heteroatoms. The van der Waals surface area contributed by atoms with E-state index in [0.717, 1.165) is 0 Å². The van der Waals surface area contributed by atoms with E-state index in [2.05, 4.69) is 5.32 Å². The Kier molecular flexibility index (Phi) is 4.25. The lowest BCUT2D eigenvalue weighted by atomic mass is 9.62. The standard InChI is InChI=1S/C11H17F3N2OS/c1-6-3-10(4-6,8(15)18)9(17)16-7(2)5-11(12,13)14/h6-7H,3-5H2,1-2H3,(H2,15,18)(H,16,17). The summed E-state index contributed by atoms with van der Waals surface area (Å²) in [5, 5.41) is 2.35. The van der Waals surface area contributed by atoms with Gasteiger partial charge in [0.1, 0.15) is 0 Å². The molecule has 1 aliphatic rings. The summed E-state index contributed by atoms with van der Waals surface area (Å²) in [4.78, 5) is 12.1. The second-order valence-electron chi connectivity index (χ2n) is 5.15. The second kappa shape index (κ2) is 5.03. The maximum atomic E-state index is 12.2. The van der Waals surface area contributed by atoms with Crippen molar-refractivity contribution in [3.63, 3.8) is 0 Å². The van der Waals surface area contributed by atoms with Crippen LogP contribution in [0.1, 0.15) is 33.1 Å². The van der Waals surface area contributed by atoms with Crippen molar-refractivity contribution >= 4 is 23.1 Å². The number of carbonyl (C=O) groups excluding carboxylic acids is 1. The quantitative estimate of drug-likeness (QED) is 0.777. The molecule has 0 aromatic carbocycles. The fraction of sp³-hybridized carbons (Fsp3) is 0.818. The molecule has 0 aliphatic heterocycles. The Bertz CT molecular complexity index is 351. The van der Waals surface area contributed by atoms with Gasteiger partial charge in [-0.15, -0.1) is 0 Å². The lowest BCUT2D eigenvalue weighted by Crippen LogP contribution is -2.57. The highest BCUT2D eigenvalue weighted by atomic mass is 32.1. The zero-order chi connectivity index (χ0) is 14.1. The number of rotatable bonds is 4. The van der Waals surface area contributed by atoms with Crippen molar-refractivity contribution in [2.75, 3.05) is 0 Å². The van der Waals surface area contributed by atoms with Crippen molar-refractivity contribution in [1.82, 2.24) is 5.32 Å². The molecule has 1 unspecified atom stereocenters. The summed E-state index contributed by atoms with van der Waals surface area (Å²) in [6.45, 7) is 3.27. The highest BCUT2D eigenvalue weighted by Crippen LogP contribution is 2.46. The summed E-state index contributed by atoms with van der Waals surface area (Å²) >= 11 is 4.87. The van der Waals surface area contributed by atoms with E-state index in [4.69, 9.17) is 18.0 Å². The van der Waals surface area contributed by atoms with Crippen molar-refractivity contribution < 1.29 is 18.0 Å². The summed E-state index contributed by atoms with van der Waals surface area (Å²) in [5.41, 5.74) is 4.60. The van der Waals surface area contributed by atoms with Gasteiger partial charge in [0, 0.05) is 6.04 Å². The number of hydrogen-bond donors (Lipinski definition) is 2. The van der Waals surface area contributed by atoms with Crippen LogP contribution in [0.3, 0.4) is 0 Å². The fourth-order valence-corrected chi connectivity index (χ4v) is 2.65. The van der Waals surface area contributed by atoms with Crippen molar-refractivity contribution in [3.05, 3.63) is 0 Å². The van der Waals surface area contributed by atoms with Gasteiger partial charge < -0.3 is 11.1 Å². The molecule has 0 spiro atoms. The van der Waals surface area contributed by atoms with E-state index in [1.54, 1.807) is 0 Å². The van der Waals surface area contributed by atoms with Crippen molar-refractivity contribution in [3.8, 4) is 0 Å². The third kappa shape index (κ3) is 3.34. The smallest absolute Gasteiger partial charge is 0.391 e. The van der Waals surface area contributed by atoms with E-state index < -0.39 is 30.0 Å². The Morgan fingerprint density at radius 1 is 1.56 bits per heavy atom. The zero-order valence-electron chi connectivity index (χ0n) is 10.3. The maximum absolute atomic E-state index is 12.2. The number of nitrogens with two attached hydrogens (primary N) is 1. The van der Waals surface area contributed by atoms with Gasteiger partial charge in [0.15, 0.2) is 0 Å². The van der Waals surface area contributed by atoms with Gasteiger partial charge in [-0.3, -0.25) is 4.79 Å². The monoisotopic (exact) mass is 282 g/mol. The minimum Gasteiger partial charge on any atom is -0.392 e. The molecule has 1 atom stereocenters. The van der Waals surface area contributed by atoms with Crippen molar-refractivity contribution in [2.45, 2.75) is 45.3 Å². The lowest BCUT2D eigenvalue weighted by molar-refractivity contribution is -0.144. The van der Waals surface area contributed by atoms with Crippen molar-refractivity contribution in [1.29, 1.82) is 0 Å². The highest BCUT2D eigenvalue weighted by Gasteiger charge is 2.51. The number of carbonyl (C=O) groups is 1. The molecule has 0 aromatic rings. The minimum absolute atomic E-state index is 0.0670. The second-order valence-corrected chi connectivity index (χ2v) is 5.59. The molecule has 0 bridgehead atoms. The van der Waals surface area contributed by atoms with Crippen LogP contribution in [0.15, 0.2) is 0 Å². The Balaban J connectivity index is 2.62. The number of thiocarbonyl (C=S) groups is 1. The summed E-state index contributed by atoms with van der Waals surface area (Å²) in [7, 11) is 0. The van der Waals surface area contributed by atoms with Crippen LogP contribution in [0, 0.1) is 11.3 Å². The largest absolute Gasteiger partial charge is 0.392 e. The lowest BCUT2D eigenvalue weighted by Gasteiger charge is -2.44. The molecule has 0 aromatic heterocycles. The zero-order valence-corrected chi connectivity index (χ0v) is 11.1. The number of nitrogens with one attached hydrogen (secondary N) is 1. The SMILES string of the molecule is CC1CC(C(=O)NC(C)CC(F)(F)F)(C(N)=S)C1. The predicted octanol–water partition coefficient (Wildman–Crippen LogP) is 2.15. The first-order valence-electron chi connectivity index (χ1n) is 5.74. The van der Waals surface area contributed by atoms with E-state index in [1.165, 1.54) is 6.92 Å². The van der Waals surface area contributed by atoms with E-state index in [-0.39, 0.29) is 4.99 Å². The van der Waals surface area contributed by atoms with Gasteiger partial charge in [0.2, 0.25) is 5.91 Å². The first-order chi connectivity index (χ1) is 8.07. The average molecular weight is 282 g/mol. The molecule has 1 aliphatic carbocycles. The Hall–Kier alpha value is -0.850. The number of alkyl halides is 3. The number of hydrogen-bond acceptors (Lipinski definition) is 2. The van der Waals surface area contributed by atoms with Gasteiger partial charge in [-0.05, 0) is 25.7 Å². The molecule has 1 rings (SSSR count). The summed E-state index contributed by atoms with van der Waals surface area (Å²) in [6.07, 6.45) is -4.34. The maximum Gasteiger partial charge on any atom is 0.391 e. The molecular formula is C11H17F3N2OS. The molecule has 104 valence electrons. The third-order valence-corrected chi connectivity index (χ3v) is 3.61. The van der Waals surface area contributed by atoms with Crippen LogP contribution >= 0.6 is 12.2 Å². The molecule has 1 fully saturated rings. The van der Waals surface area contributed by atoms with Crippen LogP contribution in [0.5, 0.6) is 0 Å². The van der Waals surface area contributed by atoms with Gasteiger partial charge in [-0.2, -0.15) is 13.2 Å². The summed E-state index contributed by atoms with van der Waals surface area (Å²) in [5.74, 6) is -0.167. The third-order valence-electron chi connectivity index (χ3n) is 3.22. The average Bonchev–Trinajstić information content (AvgIpc) is 2.07. The molecule has 3 N–H and O–H groups in total. The molecule has 0 saturated heterocycles. The molecule has 1 amide bonds. The van der Waals surface area contributed by atoms with Crippen LogP contribution in [-0.4, -0.2) is 23.1 Å². The summed E-state index contributed by atoms with van der Waals surface area (Å²) in [6, 6.07) is -0.973. The Morgan fingerprint density at radius 3 is 2.39 bits per heavy atom. The van der Waals surface area contributed by atoms with Crippen LogP contribution < -0.4 is 11.1 Å². The van der Waals surface area contributed by atoms with E-state index >= 15 is 0 Å². The van der Waals surface area contributed by atoms with E-state index in [0.29, 0.717) is 18.8 Å². The molecule has 0 radical (unpaired) electrons. The Morgan fingerprint density at radius 2 is 2.06 bits per heavy atom. The van der Waals surface area contributed by atoms with Crippen molar-refractivity contribution in [2.24, 2.45) is 17.1 Å². The molecular weight excluding hydrogens is 265 g/mol. The van der Waals surface area contributed by atoms with Crippen LogP contribution in [0.25, 0.3) is 0 Å². The van der Waals surface area contributed by atoms with Gasteiger partial charge in [-0.1, -0.05) is 19.1 Å². The Labute approximate surface area is 109 Å². The van der Waals surface area contributed by atoms with Gasteiger partial charge in [-0.25, -0.2) is 0 Å². The first kappa shape index (κ1) is 15.2. The number of halogens is 3. The van der Waals surface area contributed by atoms with E-state index in [1.807, 2.05) is 6.92 Å². The van der Waals surface area contributed by atoms with Crippen LogP contribution in [0.2, 0.25) is 0 Å². The summed E-state index contributed by atoms with van der Waals surface area (Å²) < 4.78 is 36.5. The minimum atomic E-state index is -4.30. The van der Waals surface area contributed by atoms with Crippen LogP contribution in [-0.2, 0) is 4.79 Å². The van der Waals surface area contributed by atoms with Gasteiger partial charge >= 0.3 is 6.18 Å². The molecule has 1 saturated carbocycles. The number of amides is 1. The van der Waals surface area contributed by atoms with Gasteiger partial charge in [0.05, 0.1) is 16.8 Å². The normalized spacial score (nSPS) is 29.3. The fourth-order valence-electron chi connectivity index (χ4n) is 2.39. The molecule has 0 heterocycles. The van der Waals surface area contributed by atoms with E-state index in [9.17, 15) is 18.0 Å². The molecule has 18 heavy (non-hydrogen) atoms.